The van der Waals surface area contributed by atoms with Crippen molar-refractivity contribution in [2.75, 3.05) is 13.1 Å². The molecule has 4 heteroatoms. The third-order valence-electron chi connectivity index (χ3n) is 4.53. The van der Waals surface area contributed by atoms with Gasteiger partial charge in [-0.25, -0.2) is 9.97 Å². The second-order valence-electron chi connectivity index (χ2n) is 6.14. The summed E-state index contributed by atoms with van der Waals surface area (Å²) in [7, 11) is 0. The van der Waals surface area contributed by atoms with Crippen LogP contribution in [0.2, 0.25) is 0 Å². The average molecular weight is 316 g/mol. The monoisotopic (exact) mass is 316 g/mol. The maximum absolute atomic E-state index is 4.96. The molecular weight excluding hydrogens is 296 g/mol. The predicted octanol–water partition coefficient (Wildman–Crippen LogP) is 3.67. The van der Waals surface area contributed by atoms with Crippen LogP contribution >= 0.6 is 0 Å². The third-order valence-corrected chi connectivity index (χ3v) is 4.53. The van der Waals surface area contributed by atoms with Crippen molar-refractivity contribution in [3.63, 3.8) is 0 Å². The van der Waals surface area contributed by atoms with E-state index in [1.807, 2.05) is 24.4 Å². The van der Waals surface area contributed by atoms with Crippen LogP contribution in [0.5, 0.6) is 0 Å². The quantitative estimate of drug-likeness (QED) is 0.801. The standard InChI is InChI=1S/C20H20N4/c1-2-5-15(6-3-1)18-14-23-20(16-8-11-21-12-9-16)24-19(18)17-7-4-10-22-13-17/h1-3,5-6,8-9,11-12,14,17,22H,4,7,10,13H2. The molecule has 3 heterocycles. The normalized spacial score (nSPS) is 17.6. The molecule has 1 aliphatic heterocycles. The van der Waals surface area contributed by atoms with Crippen LogP contribution in [0.3, 0.4) is 0 Å². The second-order valence-corrected chi connectivity index (χ2v) is 6.14. The van der Waals surface area contributed by atoms with Gasteiger partial charge in [-0.05, 0) is 37.1 Å². The molecule has 0 saturated carbocycles. The molecule has 0 amide bonds. The minimum absolute atomic E-state index is 0.428. The molecule has 2 aromatic heterocycles. The summed E-state index contributed by atoms with van der Waals surface area (Å²) in [6, 6.07) is 14.3. The SMILES string of the molecule is c1ccc(-c2cnc(-c3ccncc3)nc2C2CCCNC2)cc1. The van der Waals surface area contributed by atoms with Gasteiger partial charge in [-0.3, -0.25) is 4.98 Å². The highest BCUT2D eigenvalue weighted by Crippen LogP contribution is 2.32. The number of nitrogens with zero attached hydrogens (tertiary/aromatic N) is 3. The van der Waals surface area contributed by atoms with Crippen molar-refractivity contribution in [1.29, 1.82) is 0 Å². The zero-order valence-corrected chi connectivity index (χ0v) is 13.5. The van der Waals surface area contributed by atoms with E-state index in [0.717, 1.165) is 35.7 Å². The van der Waals surface area contributed by atoms with Crippen molar-refractivity contribution >= 4 is 0 Å². The van der Waals surface area contributed by atoms with Gasteiger partial charge in [0.05, 0.1) is 5.69 Å². The Morgan fingerprint density at radius 1 is 0.958 bits per heavy atom. The topological polar surface area (TPSA) is 50.7 Å². The molecule has 0 spiro atoms. The smallest absolute Gasteiger partial charge is 0.159 e. The Kier molecular flexibility index (Phi) is 4.30. The van der Waals surface area contributed by atoms with Crippen LogP contribution in [0.1, 0.15) is 24.5 Å². The second kappa shape index (κ2) is 6.89. The summed E-state index contributed by atoms with van der Waals surface area (Å²) in [5.41, 5.74) is 4.48. The number of benzene rings is 1. The molecule has 1 aromatic carbocycles. The summed E-state index contributed by atoms with van der Waals surface area (Å²) in [4.78, 5) is 13.7. The molecule has 4 nitrogen and oxygen atoms in total. The lowest BCUT2D eigenvalue weighted by molar-refractivity contribution is 0.455. The van der Waals surface area contributed by atoms with Crippen LogP contribution in [0.4, 0.5) is 0 Å². The summed E-state index contributed by atoms with van der Waals surface area (Å²) in [6.45, 7) is 2.08. The molecule has 1 aliphatic rings. The zero-order chi connectivity index (χ0) is 16.2. The van der Waals surface area contributed by atoms with Crippen LogP contribution < -0.4 is 5.32 Å². The van der Waals surface area contributed by atoms with Gasteiger partial charge in [0.2, 0.25) is 0 Å². The zero-order valence-electron chi connectivity index (χ0n) is 13.5. The summed E-state index contributed by atoms with van der Waals surface area (Å²) in [6.07, 6.45) is 7.90. The highest BCUT2D eigenvalue weighted by molar-refractivity contribution is 5.67. The fraction of sp³-hybridized carbons (Fsp3) is 0.250. The van der Waals surface area contributed by atoms with E-state index in [1.165, 1.54) is 18.4 Å². The van der Waals surface area contributed by atoms with Gasteiger partial charge in [0.15, 0.2) is 5.82 Å². The molecular formula is C20H20N4. The van der Waals surface area contributed by atoms with Crippen molar-refractivity contribution in [2.24, 2.45) is 0 Å². The van der Waals surface area contributed by atoms with Gasteiger partial charge in [-0.2, -0.15) is 0 Å². The van der Waals surface area contributed by atoms with E-state index >= 15 is 0 Å². The molecule has 1 atom stereocenters. The lowest BCUT2D eigenvalue weighted by Crippen LogP contribution is -2.29. The maximum atomic E-state index is 4.96. The van der Waals surface area contributed by atoms with Gasteiger partial charge in [-0.15, -0.1) is 0 Å². The van der Waals surface area contributed by atoms with Crippen molar-refractivity contribution in [3.8, 4) is 22.5 Å². The Balaban J connectivity index is 1.81. The highest BCUT2D eigenvalue weighted by Gasteiger charge is 2.21. The van der Waals surface area contributed by atoms with Gasteiger partial charge in [0.1, 0.15) is 0 Å². The molecule has 0 radical (unpaired) electrons. The van der Waals surface area contributed by atoms with Crippen molar-refractivity contribution in [3.05, 3.63) is 66.7 Å². The first-order chi connectivity index (χ1) is 11.9. The lowest BCUT2D eigenvalue weighted by Gasteiger charge is -2.24. The average Bonchev–Trinajstić information content (AvgIpc) is 2.69. The fourth-order valence-electron chi connectivity index (χ4n) is 3.27. The van der Waals surface area contributed by atoms with Crippen LogP contribution in [-0.4, -0.2) is 28.0 Å². The molecule has 0 aliphatic carbocycles. The first-order valence-electron chi connectivity index (χ1n) is 8.45. The first kappa shape index (κ1) is 15.0. The molecule has 0 bridgehead atoms. The van der Waals surface area contributed by atoms with Crippen LogP contribution in [0.25, 0.3) is 22.5 Å². The Morgan fingerprint density at radius 2 is 1.79 bits per heavy atom. The first-order valence-corrected chi connectivity index (χ1v) is 8.45. The van der Waals surface area contributed by atoms with E-state index < -0.39 is 0 Å². The Labute approximate surface area is 142 Å². The summed E-state index contributed by atoms with van der Waals surface area (Å²) >= 11 is 0. The lowest BCUT2D eigenvalue weighted by atomic mass is 9.90. The molecule has 1 fully saturated rings. The molecule has 3 aromatic rings. The highest BCUT2D eigenvalue weighted by atomic mass is 14.9. The van der Waals surface area contributed by atoms with Crippen LogP contribution in [0, 0.1) is 0 Å². The van der Waals surface area contributed by atoms with Crippen LogP contribution in [-0.2, 0) is 0 Å². The molecule has 1 N–H and O–H groups in total. The van der Waals surface area contributed by atoms with Crippen molar-refractivity contribution in [2.45, 2.75) is 18.8 Å². The van der Waals surface area contributed by atoms with Crippen molar-refractivity contribution in [1.82, 2.24) is 20.3 Å². The maximum Gasteiger partial charge on any atom is 0.159 e. The molecule has 1 unspecified atom stereocenters. The van der Waals surface area contributed by atoms with Gasteiger partial charge >= 0.3 is 0 Å². The fourth-order valence-corrected chi connectivity index (χ4v) is 3.27. The van der Waals surface area contributed by atoms with Crippen LogP contribution in [0.15, 0.2) is 61.1 Å². The van der Waals surface area contributed by atoms with Crippen molar-refractivity contribution < 1.29 is 0 Å². The number of hydrogen-bond donors (Lipinski definition) is 1. The summed E-state index contributed by atoms with van der Waals surface area (Å²) < 4.78 is 0. The predicted molar refractivity (Wildman–Crippen MR) is 95.5 cm³/mol. The van der Waals surface area contributed by atoms with Gasteiger partial charge in [-0.1, -0.05) is 30.3 Å². The Bertz CT molecular complexity index is 796. The molecule has 4 rings (SSSR count). The van der Waals surface area contributed by atoms with Gasteiger partial charge in [0.25, 0.3) is 0 Å². The van der Waals surface area contributed by atoms with Gasteiger partial charge < -0.3 is 5.32 Å². The number of rotatable bonds is 3. The Morgan fingerprint density at radius 3 is 2.54 bits per heavy atom. The van der Waals surface area contributed by atoms with Gasteiger partial charge in [0, 0.05) is 42.2 Å². The molecule has 1 saturated heterocycles. The number of nitrogens with one attached hydrogen (secondary N) is 1. The van der Waals surface area contributed by atoms with E-state index in [9.17, 15) is 0 Å². The largest absolute Gasteiger partial charge is 0.316 e. The minimum atomic E-state index is 0.428. The van der Waals surface area contributed by atoms with E-state index in [1.54, 1.807) is 12.4 Å². The van der Waals surface area contributed by atoms with E-state index in [0.29, 0.717) is 5.92 Å². The van der Waals surface area contributed by atoms with E-state index in [-0.39, 0.29) is 0 Å². The number of pyridine rings is 1. The number of piperidine rings is 1. The number of hydrogen-bond acceptors (Lipinski definition) is 4. The third kappa shape index (κ3) is 3.05. The van der Waals surface area contributed by atoms with E-state index in [2.05, 4.69) is 39.6 Å². The minimum Gasteiger partial charge on any atom is -0.316 e. The molecule has 120 valence electrons. The molecule has 24 heavy (non-hydrogen) atoms. The number of aromatic nitrogens is 3. The van der Waals surface area contributed by atoms with E-state index in [4.69, 9.17) is 4.98 Å². The summed E-state index contributed by atoms with van der Waals surface area (Å²) in [5, 5.41) is 3.50. The summed E-state index contributed by atoms with van der Waals surface area (Å²) in [5.74, 6) is 1.20. The Hall–Kier alpha value is -2.59.